The van der Waals surface area contributed by atoms with Crippen LogP contribution >= 0.6 is 11.3 Å². The van der Waals surface area contributed by atoms with E-state index in [1.165, 1.54) is 16.2 Å². The van der Waals surface area contributed by atoms with Gasteiger partial charge < -0.3 is 15.7 Å². The Morgan fingerprint density at radius 1 is 1.17 bits per heavy atom. The minimum Gasteiger partial charge on any atom is -0.396 e. The van der Waals surface area contributed by atoms with Gasteiger partial charge in [0.1, 0.15) is 0 Å². The van der Waals surface area contributed by atoms with E-state index in [9.17, 15) is 9.59 Å². The van der Waals surface area contributed by atoms with Gasteiger partial charge in [-0.05, 0) is 55.7 Å². The highest BCUT2D eigenvalue weighted by Crippen LogP contribution is 2.23. The molecule has 0 bridgehead atoms. The molecule has 0 aliphatic carbocycles. The molecule has 3 N–H and O–H groups in total. The molecule has 1 aromatic carbocycles. The molecule has 1 heterocycles. The molecule has 5 nitrogen and oxygen atoms in total. The number of thiophene rings is 1. The van der Waals surface area contributed by atoms with E-state index in [0.717, 1.165) is 12.0 Å². The monoisotopic (exact) mass is 346 g/mol. The number of aryl methyl sites for hydroxylation is 2. The van der Waals surface area contributed by atoms with Gasteiger partial charge in [-0.1, -0.05) is 6.92 Å². The summed E-state index contributed by atoms with van der Waals surface area (Å²) in [6.45, 7) is 4.57. The fraction of sp³-hybridized carbons (Fsp3) is 0.333. The molecule has 2 aromatic rings. The SMILES string of the molecule is CCc1sc(C(=O)Nc2ccc(C(=O)NCCCO)cc2)cc1C. The summed E-state index contributed by atoms with van der Waals surface area (Å²) in [4.78, 5) is 26.1. The number of hydrogen-bond donors (Lipinski definition) is 3. The second-order valence-electron chi connectivity index (χ2n) is 5.43. The lowest BCUT2D eigenvalue weighted by molar-refractivity contribution is 0.0950. The average Bonchev–Trinajstić information content (AvgIpc) is 2.96. The van der Waals surface area contributed by atoms with Crippen LogP contribution in [0.1, 0.15) is 43.8 Å². The molecular weight excluding hydrogens is 324 g/mol. The lowest BCUT2D eigenvalue weighted by atomic mass is 10.2. The zero-order valence-corrected chi connectivity index (χ0v) is 14.7. The number of carbonyl (C=O) groups excluding carboxylic acids is 2. The van der Waals surface area contributed by atoms with E-state index in [1.54, 1.807) is 24.3 Å². The zero-order chi connectivity index (χ0) is 17.5. The number of hydrogen-bond acceptors (Lipinski definition) is 4. The van der Waals surface area contributed by atoms with Gasteiger partial charge in [-0.3, -0.25) is 9.59 Å². The molecule has 24 heavy (non-hydrogen) atoms. The van der Waals surface area contributed by atoms with Crippen molar-refractivity contribution in [3.8, 4) is 0 Å². The topological polar surface area (TPSA) is 78.4 Å². The molecule has 0 spiro atoms. The predicted octanol–water partition coefficient (Wildman–Crippen LogP) is 2.98. The van der Waals surface area contributed by atoms with Crippen molar-refractivity contribution in [3.05, 3.63) is 51.2 Å². The molecule has 2 amide bonds. The first kappa shape index (κ1) is 18.2. The maximum absolute atomic E-state index is 12.3. The highest BCUT2D eigenvalue weighted by Gasteiger charge is 2.12. The third-order valence-electron chi connectivity index (χ3n) is 3.59. The Morgan fingerprint density at radius 2 is 1.88 bits per heavy atom. The number of rotatable bonds is 7. The normalized spacial score (nSPS) is 10.5. The van der Waals surface area contributed by atoms with Crippen LogP contribution in [-0.4, -0.2) is 30.1 Å². The van der Waals surface area contributed by atoms with Gasteiger partial charge in [-0.2, -0.15) is 0 Å². The van der Waals surface area contributed by atoms with Crippen molar-refractivity contribution in [1.29, 1.82) is 0 Å². The van der Waals surface area contributed by atoms with Crippen LogP contribution in [0.15, 0.2) is 30.3 Å². The molecule has 0 aliphatic rings. The van der Waals surface area contributed by atoms with Crippen molar-refractivity contribution in [2.75, 3.05) is 18.5 Å². The van der Waals surface area contributed by atoms with E-state index >= 15 is 0 Å². The van der Waals surface area contributed by atoms with Crippen LogP contribution in [0.25, 0.3) is 0 Å². The molecule has 0 atom stereocenters. The highest BCUT2D eigenvalue weighted by atomic mass is 32.1. The minimum atomic E-state index is -0.192. The third kappa shape index (κ3) is 4.66. The Balaban J connectivity index is 1.97. The number of carbonyl (C=O) groups is 2. The van der Waals surface area contributed by atoms with Crippen LogP contribution in [0, 0.1) is 6.92 Å². The third-order valence-corrected chi connectivity index (χ3v) is 4.97. The Bertz CT molecular complexity index is 708. The summed E-state index contributed by atoms with van der Waals surface area (Å²) in [5, 5.41) is 14.3. The molecule has 0 aliphatic heterocycles. The Labute approximate surface area is 145 Å². The maximum Gasteiger partial charge on any atom is 0.265 e. The molecule has 128 valence electrons. The molecule has 0 saturated carbocycles. The van der Waals surface area contributed by atoms with Crippen LogP contribution in [0.3, 0.4) is 0 Å². The summed E-state index contributed by atoms with van der Waals surface area (Å²) >= 11 is 1.51. The number of benzene rings is 1. The van der Waals surface area contributed by atoms with Gasteiger partial charge in [-0.15, -0.1) is 11.3 Å². The number of anilines is 1. The summed E-state index contributed by atoms with van der Waals surface area (Å²) in [5.74, 6) is -0.328. The van der Waals surface area contributed by atoms with E-state index in [4.69, 9.17) is 5.11 Å². The molecule has 1 aromatic heterocycles. The van der Waals surface area contributed by atoms with Crippen molar-refractivity contribution in [3.63, 3.8) is 0 Å². The Hall–Kier alpha value is -2.18. The summed E-state index contributed by atoms with van der Waals surface area (Å²) < 4.78 is 0. The van der Waals surface area contributed by atoms with E-state index in [0.29, 0.717) is 29.1 Å². The summed E-state index contributed by atoms with van der Waals surface area (Å²) in [6.07, 6.45) is 1.45. The van der Waals surface area contributed by atoms with E-state index in [-0.39, 0.29) is 18.4 Å². The number of aliphatic hydroxyl groups excluding tert-OH is 1. The first-order chi connectivity index (χ1) is 11.5. The highest BCUT2D eigenvalue weighted by molar-refractivity contribution is 7.14. The van der Waals surface area contributed by atoms with E-state index in [1.807, 2.05) is 13.0 Å². The van der Waals surface area contributed by atoms with E-state index in [2.05, 4.69) is 17.6 Å². The first-order valence-electron chi connectivity index (χ1n) is 7.95. The minimum absolute atomic E-state index is 0.0488. The summed E-state index contributed by atoms with van der Waals surface area (Å²) in [6, 6.07) is 8.66. The van der Waals surface area contributed by atoms with Crippen molar-refractivity contribution >= 4 is 28.8 Å². The molecule has 6 heteroatoms. The standard InChI is InChI=1S/C18H22N2O3S/c1-3-15-12(2)11-16(24-15)18(23)20-14-7-5-13(6-8-14)17(22)19-9-4-10-21/h5-8,11,21H,3-4,9-10H2,1-2H3,(H,19,22)(H,20,23). The first-order valence-corrected chi connectivity index (χ1v) is 8.76. The molecule has 0 radical (unpaired) electrons. The molecular formula is C18H22N2O3S. The second-order valence-corrected chi connectivity index (χ2v) is 6.57. The van der Waals surface area contributed by atoms with Crippen molar-refractivity contribution < 1.29 is 14.7 Å². The number of aliphatic hydroxyl groups is 1. The van der Waals surface area contributed by atoms with Crippen molar-refractivity contribution in [2.45, 2.75) is 26.7 Å². The van der Waals surface area contributed by atoms with Crippen LogP contribution in [0.2, 0.25) is 0 Å². The van der Waals surface area contributed by atoms with Gasteiger partial charge in [0, 0.05) is 29.3 Å². The zero-order valence-electron chi connectivity index (χ0n) is 13.9. The predicted molar refractivity (Wildman–Crippen MR) is 96.9 cm³/mol. The molecule has 0 unspecified atom stereocenters. The van der Waals surface area contributed by atoms with Gasteiger partial charge >= 0.3 is 0 Å². The summed E-state index contributed by atoms with van der Waals surface area (Å²) in [5.41, 5.74) is 2.31. The van der Waals surface area contributed by atoms with Gasteiger partial charge in [0.2, 0.25) is 0 Å². The smallest absolute Gasteiger partial charge is 0.265 e. The van der Waals surface area contributed by atoms with Gasteiger partial charge in [0.05, 0.1) is 4.88 Å². The maximum atomic E-state index is 12.3. The van der Waals surface area contributed by atoms with Gasteiger partial charge in [0.25, 0.3) is 11.8 Å². The molecule has 0 fully saturated rings. The largest absolute Gasteiger partial charge is 0.396 e. The lowest BCUT2D eigenvalue weighted by Crippen LogP contribution is -2.24. The quantitative estimate of drug-likeness (QED) is 0.675. The van der Waals surface area contributed by atoms with Gasteiger partial charge in [0.15, 0.2) is 0 Å². The van der Waals surface area contributed by atoms with Crippen LogP contribution in [-0.2, 0) is 6.42 Å². The fourth-order valence-electron chi connectivity index (χ4n) is 2.26. The number of nitrogens with one attached hydrogen (secondary N) is 2. The summed E-state index contributed by atoms with van der Waals surface area (Å²) in [7, 11) is 0. The lowest BCUT2D eigenvalue weighted by Gasteiger charge is -2.06. The van der Waals surface area contributed by atoms with E-state index < -0.39 is 0 Å². The Morgan fingerprint density at radius 3 is 2.46 bits per heavy atom. The molecule has 0 saturated heterocycles. The fourth-order valence-corrected chi connectivity index (χ4v) is 3.27. The Kier molecular flexibility index (Phi) is 6.52. The average molecular weight is 346 g/mol. The van der Waals surface area contributed by atoms with Gasteiger partial charge in [-0.25, -0.2) is 0 Å². The van der Waals surface area contributed by atoms with Crippen molar-refractivity contribution in [2.24, 2.45) is 0 Å². The van der Waals surface area contributed by atoms with Crippen LogP contribution in [0.5, 0.6) is 0 Å². The van der Waals surface area contributed by atoms with Crippen LogP contribution in [0.4, 0.5) is 5.69 Å². The number of amides is 2. The van der Waals surface area contributed by atoms with Crippen LogP contribution < -0.4 is 10.6 Å². The molecule has 2 rings (SSSR count). The second kappa shape index (κ2) is 8.61. The van der Waals surface area contributed by atoms with Crippen molar-refractivity contribution in [1.82, 2.24) is 5.32 Å².